The van der Waals surface area contributed by atoms with E-state index in [1.54, 1.807) is 54.6 Å². The number of amides is 1. The molecule has 32 heavy (non-hydrogen) atoms. The van der Waals surface area contributed by atoms with Crippen LogP contribution in [0.25, 0.3) is 0 Å². The number of carbonyl (C=O) groups excluding carboxylic acids is 1. The van der Waals surface area contributed by atoms with Crippen molar-refractivity contribution in [1.82, 2.24) is 4.72 Å². The van der Waals surface area contributed by atoms with Gasteiger partial charge in [-0.2, -0.15) is 4.72 Å². The maximum absolute atomic E-state index is 13.3. The second-order valence-corrected chi connectivity index (χ2v) is 10.9. The van der Waals surface area contributed by atoms with E-state index < -0.39 is 22.0 Å². The van der Waals surface area contributed by atoms with Gasteiger partial charge in [-0.25, -0.2) is 8.42 Å². The zero-order valence-corrected chi connectivity index (χ0v) is 20.7. The lowest BCUT2D eigenvalue weighted by atomic mass is 10.1. The van der Waals surface area contributed by atoms with Crippen LogP contribution in [0.5, 0.6) is 11.5 Å². The first kappa shape index (κ1) is 24.2. The van der Waals surface area contributed by atoms with E-state index in [2.05, 4.69) is 26.0 Å². The first-order chi connectivity index (χ1) is 15.3. The molecule has 1 atom stereocenters. The van der Waals surface area contributed by atoms with Gasteiger partial charge in [-0.05, 0) is 59.6 Å². The summed E-state index contributed by atoms with van der Waals surface area (Å²) in [6.45, 7) is 4.56. The molecule has 2 N–H and O–H groups in total. The first-order valence-electron chi connectivity index (χ1n) is 9.87. The van der Waals surface area contributed by atoms with Crippen molar-refractivity contribution in [1.29, 1.82) is 0 Å². The van der Waals surface area contributed by atoms with Crippen LogP contribution in [0.2, 0.25) is 0 Å². The molecule has 1 heterocycles. The highest BCUT2D eigenvalue weighted by atomic mass is 79.9. The van der Waals surface area contributed by atoms with Gasteiger partial charge in [0.25, 0.3) is 10.0 Å². The summed E-state index contributed by atoms with van der Waals surface area (Å²) in [6.07, 6.45) is 0. The van der Waals surface area contributed by atoms with E-state index in [-0.39, 0.29) is 4.21 Å². The number of benzene rings is 2. The third-order valence-corrected chi connectivity index (χ3v) is 7.84. The summed E-state index contributed by atoms with van der Waals surface area (Å²) in [4.78, 5) is 13.3. The third-order valence-electron chi connectivity index (χ3n) is 4.30. The number of halogens is 1. The Morgan fingerprint density at radius 2 is 1.75 bits per heavy atom. The largest absolute Gasteiger partial charge is 0.494 e. The minimum atomic E-state index is -3.94. The Labute approximate surface area is 199 Å². The summed E-state index contributed by atoms with van der Waals surface area (Å²) in [7, 11) is -3.94. The Kier molecular flexibility index (Phi) is 8.30. The molecule has 0 saturated heterocycles. The highest BCUT2D eigenvalue weighted by Crippen LogP contribution is 2.31. The monoisotopic (exact) mass is 538 g/mol. The van der Waals surface area contributed by atoms with Crippen LogP contribution < -0.4 is 19.5 Å². The predicted molar refractivity (Wildman–Crippen MR) is 129 cm³/mol. The summed E-state index contributed by atoms with van der Waals surface area (Å²) < 4.78 is 40.3. The Hall–Kier alpha value is -2.40. The highest BCUT2D eigenvalue weighted by molar-refractivity contribution is 9.11. The van der Waals surface area contributed by atoms with Gasteiger partial charge in [0, 0.05) is 6.07 Å². The summed E-state index contributed by atoms with van der Waals surface area (Å²) in [5.74, 6) is 0.470. The highest BCUT2D eigenvalue weighted by Gasteiger charge is 2.29. The molecule has 0 radical (unpaired) electrons. The van der Waals surface area contributed by atoms with Crippen molar-refractivity contribution in [3.63, 3.8) is 0 Å². The molecule has 0 aliphatic carbocycles. The second kappa shape index (κ2) is 11.0. The average Bonchev–Trinajstić information content (AvgIpc) is 3.22. The van der Waals surface area contributed by atoms with Crippen molar-refractivity contribution >= 4 is 48.9 Å². The number of rotatable bonds is 10. The lowest BCUT2D eigenvalue weighted by Crippen LogP contribution is -2.36. The van der Waals surface area contributed by atoms with Gasteiger partial charge in [-0.3, -0.25) is 4.79 Å². The van der Waals surface area contributed by atoms with E-state index in [0.29, 0.717) is 39.8 Å². The molecule has 0 unspecified atom stereocenters. The molecule has 0 spiro atoms. The van der Waals surface area contributed by atoms with Crippen LogP contribution in [0.4, 0.5) is 5.69 Å². The van der Waals surface area contributed by atoms with E-state index in [1.807, 2.05) is 13.8 Å². The Balaban J connectivity index is 1.94. The first-order valence-corrected chi connectivity index (χ1v) is 13.0. The quantitative estimate of drug-likeness (QED) is 0.380. The molecule has 10 heteroatoms. The minimum absolute atomic E-state index is 0.103. The van der Waals surface area contributed by atoms with E-state index in [9.17, 15) is 13.2 Å². The molecule has 0 fully saturated rings. The number of anilines is 1. The van der Waals surface area contributed by atoms with E-state index >= 15 is 0 Å². The number of ether oxygens (including phenoxy) is 2. The van der Waals surface area contributed by atoms with Crippen LogP contribution in [-0.2, 0) is 14.8 Å². The molecule has 7 nitrogen and oxygen atoms in total. The van der Waals surface area contributed by atoms with Crippen LogP contribution >= 0.6 is 27.3 Å². The number of hydrogen-bond acceptors (Lipinski definition) is 6. The Bertz CT molecular complexity index is 1170. The normalized spacial score (nSPS) is 12.2. The average molecular weight is 539 g/mol. The molecular weight excluding hydrogens is 516 g/mol. The summed E-state index contributed by atoms with van der Waals surface area (Å²) in [6, 6.07) is 15.7. The van der Waals surface area contributed by atoms with Crippen LogP contribution in [-0.4, -0.2) is 27.5 Å². The number of sulfonamides is 1. The van der Waals surface area contributed by atoms with Gasteiger partial charge in [-0.1, -0.05) is 30.3 Å². The molecule has 0 aliphatic rings. The SMILES string of the molecule is CCOc1ccc(OCC)c(NC(=O)[C@@H](NS(=O)(=O)c2ccc(Br)s2)c2ccccc2)c1. The minimum Gasteiger partial charge on any atom is -0.494 e. The molecule has 1 amide bonds. The standard InChI is InChI=1S/C22H23BrN2O5S2/c1-3-29-16-10-11-18(30-4-2)17(14-16)24-22(26)21(15-8-6-5-7-9-15)25-32(27,28)20-13-12-19(23)31-20/h5-14,21,25H,3-4H2,1-2H3,(H,24,26)/t21-/m0/s1. The van der Waals surface area contributed by atoms with Crippen LogP contribution in [0, 0.1) is 0 Å². The number of hydrogen-bond donors (Lipinski definition) is 2. The predicted octanol–water partition coefficient (Wildman–Crippen LogP) is 4.97. The van der Waals surface area contributed by atoms with Crippen LogP contribution in [0.3, 0.4) is 0 Å². The van der Waals surface area contributed by atoms with Gasteiger partial charge in [-0.15, -0.1) is 11.3 Å². The van der Waals surface area contributed by atoms with Crippen molar-refractivity contribution in [3.8, 4) is 11.5 Å². The summed E-state index contributed by atoms with van der Waals surface area (Å²) in [5, 5.41) is 2.80. The zero-order valence-electron chi connectivity index (χ0n) is 17.5. The van der Waals surface area contributed by atoms with Crippen molar-refractivity contribution in [2.75, 3.05) is 18.5 Å². The van der Waals surface area contributed by atoms with Crippen LogP contribution in [0.1, 0.15) is 25.5 Å². The molecule has 2 aromatic carbocycles. The lowest BCUT2D eigenvalue weighted by molar-refractivity contribution is -0.117. The number of carbonyl (C=O) groups is 1. The van der Waals surface area contributed by atoms with Gasteiger partial charge in [0.1, 0.15) is 21.8 Å². The fourth-order valence-electron chi connectivity index (χ4n) is 2.92. The Morgan fingerprint density at radius 1 is 1.03 bits per heavy atom. The lowest BCUT2D eigenvalue weighted by Gasteiger charge is -2.20. The molecule has 1 aromatic heterocycles. The topological polar surface area (TPSA) is 93.7 Å². The summed E-state index contributed by atoms with van der Waals surface area (Å²) >= 11 is 4.33. The second-order valence-electron chi connectivity index (χ2n) is 6.54. The van der Waals surface area contributed by atoms with Gasteiger partial charge in [0.15, 0.2) is 0 Å². The fourth-order valence-corrected chi connectivity index (χ4v) is 6.13. The fraction of sp³-hybridized carbons (Fsp3) is 0.227. The third kappa shape index (κ3) is 6.10. The van der Waals surface area contributed by atoms with E-state index in [4.69, 9.17) is 9.47 Å². The van der Waals surface area contributed by atoms with Gasteiger partial charge < -0.3 is 14.8 Å². The van der Waals surface area contributed by atoms with Crippen molar-refractivity contribution < 1.29 is 22.7 Å². The molecular formula is C22H23BrN2O5S2. The smallest absolute Gasteiger partial charge is 0.251 e. The van der Waals surface area contributed by atoms with Crippen molar-refractivity contribution in [2.45, 2.75) is 24.1 Å². The number of thiophene rings is 1. The number of nitrogens with one attached hydrogen (secondary N) is 2. The Morgan fingerprint density at radius 3 is 2.38 bits per heavy atom. The maximum Gasteiger partial charge on any atom is 0.251 e. The van der Waals surface area contributed by atoms with Gasteiger partial charge in [0.05, 0.1) is 22.7 Å². The van der Waals surface area contributed by atoms with Crippen molar-refractivity contribution in [2.24, 2.45) is 0 Å². The zero-order chi connectivity index (χ0) is 23.1. The van der Waals surface area contributed by atoms with Gasteiger partial charge >= 0.3 is 0 Å². The van der Waals surface area contributed by atoms with E-state index in [1.165, 1.54) is 6.07 Å². The molecule has 0 bridgehead atoms. The molecule has 0 aliphatic heterocycles. The summed E-state index contributed by atoms with van der Waals surface area (Å²) in [5.41, 5.74) is 0.893. The van der Waals surface area contributed by atoms with Gasteiger partial charge in [0.2, 0.25) is 5.91 Å². The van der Waals surface area contributed by atoms with Crippen molar-refractivity contribution in [3.05, 3.63) is 70.0 Å². The molecule has 3 rings (SSSR count). The van der Waals surface area contributed by atoms with Crippen LogP contribution in [0.15, 0.2) is 68.7 Å². The molecule has 0 saturated carbocycles. The maximum atomic E-state index is 13.3. The van der Waals surface area contributed by atoms with E-state index in [0.717, 1.165) is 11.3 Å². The molecule has 3 aromatic rings. The molecule has 170 valence electrons.